The van der Waals surface area contributed by atoms with E-state index in [-0.39, 0.29) is 5.91 Å². The fourth-order valence-corrected chi connectivity index (χ4v) is 3.64. The Bertz CT molecular complexity index is 1340. The molecule has 0 radical (unpaired) electrons. The lowest BCUT2D eigenvalue weighted by Gasteiger charge is -2.11. The number of aryl methyl sites for hydroxylation is 1. The quantitative estimate of drug-likeness (QED) is 0.302. The number of aromatic nitrogens is 2. The fraction of sp³-hybridized carbons (Fsp3) is 0.172. The highest BCUT2D eigenvalue weighted by molar-refractivity contribution is 6.01. The third-order valence-corrected chi connectivity index (χ3v) is 5.53. The smallest absolute Gasteiger partial charge is 0.248 e. The van der Waals surface area contributed by atoms with E-state index in [1.54, 1.807) is 37.4 Å². The van der Waals surface area contributed by atoms with Crippen LogP contribution in [-0.2, 0) is 17.9 Å². The molecule has 4 aromatic rings. The maximum Gasteiger partial charge on any atom is 0.248 e. The van der Waals surface area contributed by atoms with Crippen molar-refractivity contribution in [2.45, 2.75) is 20.1 Å². The van der Waals surface area contributed by atoms with Gasteiger partial charge in [-0.2, -0.15) is 5.10 Å². The summed E-state index contributed by atoms with van der Waals surface area (Å²) in [5.41, 5.74) is 4.60. The van der Waals surface area contributed by atoms with Crippen LogP contribution in [0.4, 0.5) is 5.69 Å². The van der Waals surface area contributed by atoms with E-state index in [1.165, 1.54) is 11.6 Å². The number of hydrogen-bond acceptors (Lipinski definition) is 5. The molecular weight excluding hydrogens is 454 g/mol. The van der Waals surface area contributed by atoms with E-state index in [1.807, 2.05) is 73.7 Å². The van der Waals surface area contributed by atoms with Gasteiger partial charge in [0.15, 0.2) is 0 Å². The van der Waals surface area contributed by atoms with Crippen LogP contribution in [-0.4, -0.2) is 29.9 Å². The molecule has 7 heteroatoms. The van der Waals surface area contributed by atoms with Gasteiger partial charge >= 0.3 is 0 Å². The number of ether oxygens (including phenoxy) is 3. The molecule has 1 N–H and O–H groups in total. The van der Waals surface area contributed by atoms with E-state index < -0.39 is 0 Å². The average molecular weight is 484 g/mol. The molecule has 7 nitrogen and oxygen atoms in total. The summed E-state index contributed by atoms with van der Waals surface area (Å²) in [5.74, 6) is 2.06. The van der Waals surface area contributed by atoms with Crippen molar-refractivity contribution in [2.24, 2.45) is 0 Å². The average Bonchev–Trinajstić information content (AvgIpc) is 3.33. The summed E-state index contributed by atoms with van der Waals surface area (Å²) in [6.45, 7) is 2.96. The van der Waals surface area contributed by atoms with Gasteiger partial charge < -0.3 is 19.5 Å². The summed E-state index contributed by atoms with van der Waals surface area (Å²) in [4.78, 5) is 12.5. The molecule has 184 valence electrons. The van der Waals surface area contributed by atoms with Crippen LogP contribution in [0.25, 0.3) is 6.08 Å². The normalized spacial score (nSPS) is 10.9. The first kappa shape index (κ1) is 24.6. The SMILES string of the molecule is COc1cccc(Cn2cc(NC(=O)/C=C/c3ccc(OC)c(COc4ccc(C)cc4)c3)cn2)c1. The molecule has 0 saturated heterocycles. The molecule has 1 heterocycles. The van der Waals surface area contributed by atoms with Crippen molar-refractivity contribution in [3.63, 3.8) is 0 Å². The van der Waals surface area contributed by atoms with Crippen LogP contribution in [0.2, 0.25) is 0 Å². The van der Waals surface area contributed by atoms with Crippen LogP contribution in [0.3, 0.4) is 0 Å². The number of carbonyl (C=O) groups is 1. The highest BCUT2D eigenvalue weighted by Crippen LogP contribution is 2.23. The Kier molecular flexibility index (Phi) is 8.03. The highest BCUT2D eigenvalue weighted by atomic mass is 16.5. The van der Waals surface area contributed by atoms with Gasteiger partial charge in [0, 0.05) is 17.8 Å². The third kappa shape index (κ3) is 6.76. The van der Waals surface area contributed by atoms with Gasteiger partial charge in [-0.1, -0.05) is 35.9 Å². The van der Waals surface area contributed by atoms with Crippen LogP contribution >= 0.6 is 0 Å². The molecular formula is C29H29N3O4. The molecule has 36 heavy (non-hydrogen) atoms. The van der Waals surface area contributed by atoms with E-state index in [4.69, 9.17) is 14.2 Å². The second kappa shape index (κ2) is 11.8. The second-order valence-electron chi connectivity index (χ2n) is 8.27. The Labute approximate surface area is 210 Å². The van der Waals surface area contributed by atoms with Gasteiger partial charge in [0.1, 0.15) is 23.9 Å². The first-order valence-electron chi connectivity index (χ1n) is 11.5. The van der Waals surface area contributed by atoms with Gasteiger partial charge in [-0.3, -0.25) is 9.48 Å². The summed E-state index contributed by atoms with van der Waals surface area (Å²) < 4.78 is 18.4. The third-order valence-electron chi connectivity index (χ3n) is 5.53. The van der Waals surface area contributed by atoms with Crippen molar-refractivity contribution in [1.29, 1.82) is 0 Å². The number of amides is 1. The van der Waals surface area contributed by atoms with Crippen molar-refractivity contribution in [2.75, 3.05) is 19.5 Å². The molecule has 0 fully saturated rings. The summed E-state index contributed by atoms with van der Waals surface area (Å²) in [5, 5.41) is 7.17. The first-order chi connectivity index (χ1) is 17.5. The number of rotatable bonds is 10. The van der Waals surface area contributed by atoms with E-state index in [9.17, 15) is 4.79 Å². The maximum absolute atomic E-state index is 12.5. The standard InChI is InChI=1S/C29H29N3O4/c1-21-7-11-26(12-8-21)36-20-24-15-22(9-13-28(24)35-3)10-14-29(33)31-25-17-30-32(19-25)18-23-5-4-6-27(16-23)34-2/h4-17,19H,18,20H2,1-3H3,(H,31,33)/b14-10+. The molecule has 0 saturated carbocycles. The highest BCUT2D eigenvalue weighted by Gasteiger charge is 2.07. The van der Waals surface area contributed by atoms with Gasteiger partial charge in [-0.25, -0.2) is 0 Å². The second-order valence-corrected chi connectivity index (χ2v) is 8.27. The lowest BCUT2D eigenvalue weighted by atomic mass is 10.1. The summed E-state index contributed by atoms with van der Waals surface area (Å²) in [6, 6.07) is 21.4. The monoisotopic (exact) mass is 483 g/mol. The zero-order valence-corrected chi connectivity index (χ0v) is 20.6. The van der Waals surface area contributed by atoms with E-state index in [0.29, 0.717) is 18.8 Å². The lowest BCUT2D eigenvalue weighted by molar-refractivity contribution is -0.111. The topological polar surface area (TPSA) is 74.6 Å². The molecule has 0 aliphatic heterocycles. The number of carbonyl (C=O) groups excluding carboxylic acids is 1. The Morgan fingerprint density at radius 2 is 1.83 bits per heavy atom. The van der Waals surface area contributed by atoms with Crippen LogP contribution in [0.5, 0.6) is 17.2 Å². The van der Waals surface area contributed by atoms with Crippen molar-refractivity contribution in [1.82, 2.24) is 9.78 Å². The molecule has 0 aliphatic rings. The largest absolute Gasteiger partial charge is 0.497 e. The lowest BCUT2D eigenvalue weighted by Crippen LogP contribution is -2.07. The summed E-state index contributed by atoms with van der Waals surface area (Å²) >= 11 is 0. The first-order valence-corrected chi connectivity index (χ1v) is 11.5. The van der Waals surface area contributed by atoms with Crippen molar-refractivity contribution < 1.29 is 19.0 Å². The number of anilines is 1. The van der Waals surface area contributed by atoms with Gasteiger partial charge in [-0.15, -0.1) is 0 Å². The summed E-state index contributed by atoms with van der Waals surface area (Å²) in [6.07, 6.45) is 6.66. The Hall–Kier alpha value is -4.52. The minimum Gasteiger partial charge on any atom is -0.497 e. The van der Waals surface area contributed by atoms with E-state index in [2.05, 4.69) is 10.4 Å². The molecule has 1 amide bonds. The fourth-order valence-electron chi connectivity index (χ4n) is 3.64. The Balaban J connectivity index is 1.36. The van der Waals surface area contributed by atoms with E-state index in [0.717, 1.165) is 33.9 Å². The molecule has 0 atom stereocenters. The minimum atomic E-state index is -0.246. The van der Waals surface area contributed by atoms with Crippen molar-refractivity contribution >= 4 is 17.7 Å². The van der Waals surface area contributed by atoms with Crippen LogP contribution in [0.1, 0.15) is 22.3 Å². The molecule has 1 aromatic heterocycles. The van der Waals surface area contributed by atoms with Crippen LogP contribution in [0.15, 0.2) is 85.2 Å². The van der Waals surface area contributed by atoms with Crippen LogP contribution < -0.4 is 19.5 Å². The van der Waals surface area contributed by atoms with Gasteiger partial charge in [0.05, 0.1) is 32.6 Å². The number of nitrogens with zero attached hydrogens (tertiary/aromatic N) is 2. The van der Waals surface area contributed by atoms with Crippen molar-refractivity contribution in [3.8, 4) is 17.2 Å². The number of nitrogens with one attached hydrogen (secondary N) is 1. The zero-order chi connectivity index (χ0) is 25.3. The maximum atomic E-state index is 12.5. The predicted octanol–water partition coefficient (Wildman–Crippen LogP) is 5.49. The molecule has 3 aromatic carbocycles. The van der Waals surface area contributed by atoms with Crippen LogP contribution in [0, 0.1) is 6.92 Å². The number of hydrogen-bond donors (Lipinski definition) is 1. The van der Waals surface area contributed by atoms with E-state index >= 15 is 0 Å². The molecule has 0 aliphatic carbocycles. The molecule has 0 bridgehead atoms. The number of methoxy groups -OCH3 is 2. The predicted molar refractivity (Wildman–Crippen MR) is 140 cm³/mol. The Morgan fingerprint density at radius 1 is 1.00 bits per heavy atom. The zero-order valence-electron chi connectivity index (χ0n) is 20.6. The van der Waals surface area contributed by atoms with Gasteiger partial charge in [0.2, 0.25) is 5.91 Å². The molecule has 4 rings (SSSR count). The molecule has 0 spiro atoms. The van der Waals surface area contributed by atoms with Gasteiger partial charge in [-0.05, 0) is 60.5 Å². The summed E-state index contributed by atoms with van der Waals surface area (Å²) in [7, 11) is 3.27. The minimum absolute atomic E-state index is 0.246. The molecule has 0 unspecified atom stereocenters. The Morgan fingerprint density at radius 3 is 2.61 bits per heavy atom. The number of benzene rings is 3. The van der Waals surface area contributed by atoms with Crippen molar-refractivity contribution in [3.05, 3.63) is 107 Å². The van der Waals surface area contributed by atoms with Gasteiger partial charge in [0.25, 0.3) is 0 Å².